The number of benzene rings is 1. The van der Waals surface area contributed by atoms with Crippen LogP contribution in [-0.2, 0) is 11.8 Å². The Morgan fingerprint density at radius 2 is 2.03 bits per heavy atom. The predicted molar refractivity (Wildman–Crippen MR) is 135 cm³/mol. The van der Waals surface area contributed by atoms with Crippen LogP contribution < -0.4 is 20.3 Å². The minimum absolute atomic E-state index is 0.0668. The van der Waals surface area contributed by atoms with Gasteiger partial charge >= 0.3 is 0 Å². The van der Waals surface area contributed by atoms with Crippen LogP contribution in [0.5, 0.6) is 5.75 Å². The lowest BCUT2D eigenvalue weighted by atomic mass is 9.96. The number of nitrogens with zero attached hydrogens (tertiary/aromatic N) is 3. The summed E-state index contributed by atoms with van der Waals surface area (Å²) in [6.45, 7) is 6.05. The lowest BCUT2D eigenvalue weighted by Crippen LogP contribution is -2.29. The maximum atomic E-state index is 11.9. The number of carbonyl (C=O) groups is 1. The van der Waals surface area contributed by atoms with Crippen molar-refractivity contribution >= 4 is 34.6 Å². The average molecular weight is 464 g/mol. The summed E-state index contributed by atoms with van der Waals surface area (Å²) >= 11 is 5.83. The van der Waals surface area contributed by atoms with E-state index in [4.69, 9.17) is 17.0 Å². The van der Waals surface area contributed by atoms with Crippen molar-refractivity contribution in [1.82, 2.24) is 14.9 Å². The lowest BCUT2D eigenvalue weighted by Gasteiger charge is -2.28. The van der Waals surface area contributed by atoms with Crippen molar-refractivity contribution < 1.29 is 9.53 Å². The first-order valence-electron chi connectivity index (χ1n) is 11.0. The lowest BCUT2D eigenvalue weighted by molar-refractivity contribution is -0.115. The number of amides is 1. The third kappa shape index (κ3) is 4.18. The number of hydrogen-bond donors (Lipinski definition) is 2. The van der Waals surface area contributed by atoms with Gasteiger partial charge in [0.05, 0.1) is 30.6 Å². The number of aromatic nitrogens is 2. The minimum Gasteiger partial charge on any atom is -0.494 e. The average Bonchev–Trinajstić information content (AvgIpc) is 3.30. The quantitative estimate of drug-likeness (QED) is 0.522. The van der Waals surface area contributed by atoms with E-state index in [1.54, 1.807) is 13.3 Å². The number of carbonyl (C=O) groups excluding carboxylic acids is 1. The topological polar surface area (TPSA) is 71.4 Å². The second-order valence-electron chi connectivity index (χ2n) is 8.17. The van der Waals surface area contributed by atoms with Gasteiger partial charge in [-0.15, -0.1) is 0 Å². The zero-order valence-electron chi connectivity index (χ0n) is 19.5. The molecule has 4 rings (SSSR count). The fourth-order valence-corrected chi connectivity index (χ4v) is 4.65. The highest BCUT2D eigenvalue weighted by molar-refractivity contribution is 7.80. The molecule has 3 aromatic rings. The highest BCUT2D eigenvalue weighted by Crippen LogP contribution is 2.44. The van der Waals surface area contributed by atoms with E-state index in [0.717, 1.165) is 11.4 Å². The number of anilines is 2. The molecule has 7 nitrogen and oxygen atoms in total. The molecule has 1 saturated heterocycles. The molecule has 0 bridgehead atoms. The molecule has 2 atom stereocenters. The second kappa shape index (κ2) is 9.23. The van der Waals surface area contributed by atoms with Gasteiger partial charge in [0.25, 0.3) is 0 Å². The Bertz CT molecular complexity index is 1190. The summed E-state index contributed by atoms with van der Waals surface area (Å²) in [6, 6.07) is 13.6. The zero-order chi connectivity index (χ0) is 23.7. The van der Waals surface area contributed by atoms with Crippen LogP contribution in [-0.4, -0.2) is 27.7 Å². The Kier molecular flexibility index (Phi) is 6.37. The summed E-state index contributed by atoms with van der Waals surface area (Å²) in [5.41, 5.74) is 5.97. The van der Waals surface area contributed by atoms with Gasteiger partial charge in [-0.05, 0) is 62.0 Å². The van der Waals surface area contributed by atoms with Crippen molar-refractivity contribution in [3.63, 3.8) is 0 Å². The maximum absolute atomic E-state index is 11.9. The van der Waals surface area contributed by atoms with Gasteiger partial charge in [0.15, 0.2) is 5.11 Å². The Balaban J connectivity index is 1.82. The van der Waals surface area contributed by atoms with Crippen molar-refractivity contribution in [3.05, 3.63) is 71.3 Å². The smallest absolute Gasteiger partial charge is 0.224 e. The van der Waals surface area contributed by atoms with Crippen LogP contribution >= 0.6 is 12.2 Å². The first-order chi connectivity index (χ1) is 15.8. The largest absolute Gasteiger partial charge is 0.494 e. The molecule has 0 spiro atoms. The Morgan fingerprint density at radius 3 is 2.64 bits per heavy atom. The number of rotatable bonds is 6. The van der Waals surface area contributed by atoms with Crippen LogP contribution in [0.3, 0.4) is 0 Å². The van der Waals surface area contributed by atoms with Gasteiger partial charge < -0.3 is 24.8 Å². The number of hydrogen-bond acceptors (Lipinski definition) is 4. The molecule has 33 heavy (non-hydrogen) atoms. The van der Waals surface area contributed by atoms with Gasteiger partial charge in [-0.25, -0.2) is 0 Å². The van der Waals surface area contributed by atoms with Gasteiger partial charge in [-0.1, -0.05) is 13.0 Å². The molecular formula is C25H29N5O2S. The van der Waals surface area contributed by atoms with Crippen molar-refractivity contribution in [2.75, 3.05) is 17.3 Å². The number of pyridine rings is 1. The molecule has 1 aliphatic heterocycles. The molecule has 2 N–H and O–H groups in total. The molecule has 0 saturated carbocycles. The Hall–Kier alpha value is -3.39. The zero-order valence-corrected chi connectivity index (χ0v) is 20.4. The minimum atomic E-state index is -0.121. The summed E-state index contributed by atoms with van der Waals surface area (Å²) in [6.07, 6.45) is 2.20. The molecule has 0 aliphatic carbocycles. The molecule has 172 valence electrons. The van der Waals surface area contributed by atoms with Crippen molar-refractivity contribution in [1.29, 1.82) is 0 Å². The first-order valence-corrected chi connectivity index (χ1v) is 11.4. The second-order valence-corrected chi connectivity index (χ2v) is 8.56. The summed E-state index contributed by atoms with van der Waals surface area (Å²) in [5, 5.41) is 7.00. The summed E-state index contributed by atoms with van der Waals surface area (Å²) < 4.78 is 7.79. The summed E-state index contributed by atoms with van der Waals surface area (Å²) in [4.78, 5) is 18.7. The fourth-order valence-electron chi connectivity index (χ4n) is 4.30. The van der Waals surface area contributed by atoms with Crippen LogP contribution in [0, 0.1) is 13.8 Å². The van der Waals surface area contributed by atoms with E-state index < -0.39 is 0 Å². The number of aryl methyl sites for hydroxylation is 1. The highest BCUT2D eigenvalue weighted by atomic mass is 32.1. The number of methoxy groups -OCH3 is 1. The monoisotopic (exact) mass is 463 g/mol. The molecule has 3 heterocycles. The fraction of sp³-hybridized carbons (Fsp3) is 0.320. The van der Waals surface area contributed by atoms with Gasteiger partial charge in [-0.3, -0.25) is 9.78 Å². The molecule has 0 radical (unpaired) electrons. The molecular weight excluding hydrogens is 434 g/mol. The van der Waals surface area contributed by atoms with E-state index in [9.17, 15) is 4.79 Å². The standard InChI is InChI=1S/C25H29N5O2S/c1-6-22(31)27-19-11-10-17(14-21(19)32-5)30-24(18-13-15(2)29(4)16(18)3)23(28-25(30)33)20-9-7-8-12-26-20/h7-14,23-24H,6H2,1-5H3,(H,27,31)(H,28,33)/t23-,24-/m1/s1. The van der Waals surface area contributed by atoms with E-state index in [0.29, 0.717) is 23.0 Å². The highest BCUT2D eigenvalue weighted by Gasteiger charge is 2.42. The van der Waals surface area contributed by atoms with Gasteiger partial charge in [0, 0.05) is 42.8 Å². The summed E-state index contributed by atoms with van der Waals surface area (Å²) in [5.74, 6) is 0.515. The van der Waals surface area contributed by atoms with Crippen LogP contribution in [0.1, 0.15) is 48.1 Å². The molecule has 1 amide bonds. The molecule has 1 fully saturated rings. The van der Waals surface area contributed by atoms with Crippen molar-refractivity contribution in [2.45, 2.75) is 39.3 Å². The number of ether oxygens (including phenoxy) is 1. The van der Waals surface area contributed by atoms with Crippen LogP contribution in [0.2, 0.25) is 0 Å². The molecule has 0 unspecified atom stereocenters. The van der Waals surface area contributed by atoms with Crippen molar-refractivity contribution in [3.8, 4) is 5.75 Å². The number of thiocarbonyl (C=S) groups is 1. The van der Waals surface area contributed by atoms with Crippen LogP contribution in [0.25, 0.3) is 0 Å². The maximum Gasteiger partial charge on any atom is 0.224 e. The molecule has 1 aromatic carbocycles. The predicted octanol–water partition coefficient (Wildman–Crippen LogP) is 4.57. The Morgan fingerprint density at radius 1 is 1.24 bits per heavy atom. The van der Waals surface area contributed by atoms with E-state index >= 15 is 0 Å². The third-order valence-electron chi connectivity index (χ3n) is 6.29. The third-order valence-corrected chi connectivity index (χ3v) is 6.60. The van der Waals surface area contributed by atoms with Gasteiger partial charge in [0.2, 0.25) is 5.91 Å². The Labute approximate surface area is 199 Å². The van der Waals surface area contributed by atoms with Crippen LogP contribution in [0.15, 0.2) is 48.7 Å². The first kappa shape index (κ1) is 22.8. The van der Waals surface area contributed by atoms with Crippen molar-refractivity contribution in [2.24, 2.45) is 7.05 Å². The molecule has 1 aliphatic rings. The SMILES string of the molecule is CCC(=O)Nc1ccc(N2C(=S)N[C@H](c3ccccn3)[C@H]2c2cc(C)n(C)c2C)cc1OC. The van der Waals surface area contributed by atoms with Gasteiger partial charge in [-0.2, -0.15) is 0 Å². The normalized spacial score (nSPS) is 17.7. The molecule has 2 aromatic heterocycles. The van der Waals surface area contributed by atoms with Crippen LogP contribution in [0.4, 0.5) is 11.4 Å². The van der Waals surface area contributed by atoms with E-state index in [2.05, 4.69) is 52.0 Å². The van der Waals surface area contributed by atoms with E-state index in [1.165, 1.54) is 17.0 Å². The number of nitrogens with one attached hydrogen (secondary N) is 2. The summed E-state index contributed by atoms with van der Waals surface area (Å²) in [7, 11) is 3.67. The molecule has 8 heteroatoms. The van der Waals surface area contributed by atoms with Gasteiger partial charge in [0.1, 0.15) is 5.75 Å². The van der Waals surface area contributed by atoms with E-state index in [1.807, 2.05) is 43.3 Å². The van der Waals surface area contributed by atoms with E-state index in [-0.39, 0.29) is 18.0 Å².